The van der Waals surface area contributed by atoms with Crippen molar-refractivity contribution in [3.05, 3.63) is 58.4 Å². The molecule has 2 N–H and O–H groups in total. The largest absolute Gasteiger partial charge is 0.361 e. The summed E-state index contributed by atoms with van der Waals surface area (Å²) in [7, 11) is 3.92. The molecule has 0 spiro atoms. The van der Waals surface area contributed by atoms with E-state index in [0.717, 1.165) is 31.9 Å². The summed E-state index contributed by atoms with van der Waals surface area (Å²) in [6, 6.07) is 10.6. The number of fused-ring (bicyclic) bond motifs is 1. The fraction of sp³-hybridized carbons (Fsp3) is 0.316. The predicted molar refractivity (Wildman–Crippen MR) is 119 cm³/mol. The zero-order valence-electron chi connectivity index (χ0n) is 14.7. The van der Waals surface area contributed by atoms with Crippen LogP contribution in [0.4, 0.5) is 0 Å². The van der Waals surface area contributed by atoms with Crippen LogP contribution in [0, 0.1) is 0 Å². The lowest BCUT2D eigenvalue weighted by Gasteiger charge is -2.21. The molecule has 0 fully saturated rings. The molecule has 0 radical (unpaired) electrons. The van der Waals surface area contributed by atoms with Crippen LogP contribution in [0.15, 0.2) is 52.3 Å². The Morgan fingerprint density at radius 1 is 1.28 bits per heavy atom. The molecule has 0 aliphatic rings. The first-order chi connectivity index (χ1) is 11.8. The van der Waals surface area contributed by atoms with Crippen LogP contribution in [0.1, 0.15) is 17.5 Å². The van der Waals surface area contributed by atoms with E-state index in [2.05, 4.69) is 74.5 Å². The third kappa shape index (κ3) is 5.22. The molecule has 3 rings (SSSR count). The van der Waals surface area contributed by atoms with E-state index >= 15 is 0 Å². The second kappa shape index (κ2) is 9.82. The number of thiophene rings is 1. The topological polar surface area (TPSA) is 43.4 Å². The fourth-order valence-electron chi connectivity index (χ4n) is 2.93. The van der Waals surface area contributed by atoms with Gasteiger partial charge in [-0.3, -0.25) is 4.99 Å². The summed E-state index contributed by atoms with van der Waals surface area (Å²) in [5, 5.41) is 9.08. The van der Waals surface area contributed by atoms with E-state index in [-0.39, 0.29) is 24.0 Å². The van der Waals surface area contributed by atoms with Crippen molar-refractivity contribution in [2.75, 3.05) is 20.6 Å². The Labute approximate surface area is 170 Å². The summed E-state index contributed by atoms with van der Waals surface area (Å²) in [6.07, 6.45) is 4.26. The van der Waals surface area contributed by atoms with E-state index in [1.165, 1.54) is 22.0 Å². The number of rotatable bonds is 6. The summed E-state index contributed by atoms with van der Waals surface area (Å²) in [4.78, 5) is 9.88. The molecule has 0 bridgehead atoms. The number of nitrogens with zero attached hydrogens (tertiary/aromatic N) is 2. The van der Waals surface area contributed by atoms with Gasteiger partial charge in [0.25, 0.3) is 0 Å². The van der Waals surface area contributed by atoms with Gasteiger partial charge in [-0.05, 0) is 46.9 Å². The first-order valence-electron chi connectivity index (χ1n) is 8.26. The van der Waals surface area contributed by atoms with Crippen molar-refractivity contribution < 1.29 is 0 Å². The SMILES string of the molecule is CN=C(NCCCc1c[nH]c2ccccc12)N(C)Cc1ccsc1.I. The Morgan fingerprint density at radius 3 is 2.88 bits per heavy atom. The third-order valence-electron chi connectivity index (χ3n) is 4.15. The predicted octanol–water partition coefficient (Wildman–Crippen LogP) is 4.49. The maximum atomic E-state index is 4.38. The normalized spacial score (nSPS) is 11.4. The first kappa shape index (κ1) is 19.8. The van der Waals surface area contributed by atoms with E-state index in [1.54, 1.807) is 11.3 Å². The van der Waals surface area contributed by atoms with Crippen LogP contribution in [-0.4, -0.2) is 36.5 Å². The van der Waals surface area contributed by atoms with Crippen LogP contribution >= 0.6 is 35.3 Å². The standard InChI is InChI=1S/C19H24N4S.HI/c1-20-19(23(2)13-15-9-11-24-14-15)21-10-5-6-16-12-22-18-8-4-3-7-17(16)18;/h3-4,7-9,11-12,14,22H,5-6,10,13H2,1-2H3,(H,20,21);1H. The van der Waals surface area contributed by atoms with Crippen molar-refractivity contribution in [2.24, 2.45) is 4.99 Å². The van der Waals surface area contributed by atoms with E-state index in [9.17, 15) is 0 Å². The van der Waals surface area contributed by atoms with Gasteiger partial charge in [-0.25, -0.2) is 0 Å². The Morgan fingerprint density at radius 2 is 2.12 bits per heavy atom. The average Bonchev–Trinajstić information content (AvgIpc) is 3.25. The maximum absolute atomic E-state index is 4.38. The Bertz CT molecular complexity index is 795. The molecule has 3 aromatic rings. The molecule has 0 saturated heterocycles. The molecule has 4 nitrogen and oxygen atoms in total. The fourth-order valence-corrected chi connectivity index (χ4v) is 3.59. The van der Waals surface area contributed by atoms with Crippen LogP contribution in [0.2, 0.25) is 0 Å². The van der Waals surface area contributed by atoms with Gasteiger partial charge in [0.05, 0.1) is 0 Å². The van der Waals surface area contributed by atoms with Crippen molar-refractivity contribution >= 4 is 52.2 Å². The second-order valence-electron chi connectivity index (χ2n) is 5.92. The van der Waals surface area contributed by atoms with Crippen LogP contribution < -0.4 is 5.32 Å². The van der Waals surface area contributed by atoms with Gasteiger partial charge in [-0.15, -0.1) is 24.0 Å². The number of aromatic amines is 1. The van der Waals surface area contributed by atoms with Gasteiger partial charge in [0.2, 0.25) is 0 Å². The van der Waals surface area contributed by atoms with Gasteiger partial charge in [0, 0.05) is 44.3 Å². The molecule has 134 valence electrons. The lowest BCUT2D eigenvalue weighted by Crippen LogP contribution is -2.38. The van der Waals surface area contributed by atoms with Crippen molar-refractivity contribution in [3.8, 4) is 0 Å². The minimum absolute atomic E-state index is 0. The summed E-state index contributed by atoms with van der Waals surface area (Å²) in [5.74, 6) is 0.945. The van der Waals surface area contributed by atoms with Crippen molar-refractivity contribution in [1.29, 1.82) is 0 Å². The molecular weight excluding hydrogens is 443 g/mol. The lowest BCUT2D eigenvalue weighted by atomic mass is 10.1. The van der Waals surface area contributed by atoms with Gasteiger partial charge in [-0.2, -0.15) is 11.3 Å². The number of guanidine groups is 1. The van der Waals surface area contributed by atoms with Crippen LogP contribution in [-0.2, 0) is 13.0 Å². The van der Waals surface area contributed by atoms with Gasteiger partial charge in [-0.1, -0.05) is 18.2 Å². The number of aryl methyl sites for hydroxylation is 1. The van der Waals surface area contributed by atoms with Gasteiger partial charge in [0.15, 0.2) is 5.96 Å². The van der Waals surface area contributed by atoms with Gasteiger partial charge < -0.3 is 15.2 Å². The molecule has 2 heterocycles. The molecule has 0 amide bonds. The third-order valence-corrected chi connectivity index (χ3v) is 4.89. The van der Waals surface area contributed by atoms with E-state index in [0.29, 0.717) is 0 Å². The summed E-state index contributed by atoms with van der Waals surface area (Å²) < 4.78 is 0. The highest BCUT2D eigenvalue weighted by Gasteiger charge is 2.07. The smallest absolute Gasteiger partial charge is 0.193 e. The zero-order valence-corrected chi connectivity index (χ0v) is 17.8. The summed E-state index contributed by atoms with van der Waals surface area (Å²) in [5.41, 5.74) is 3.92. The minimum atomic E-state index is 0. The first-order valence-corrected chi connectivity index (χ1v) is 9.20. The minimum Gasteiger partial charge on any atom is -0.361 e. The number of halogens is 1. The number of benzene rings is 1. The Balaban J connectivity index is 0.00000225. The molecule has 6 heteroatoms. The molecule has 0 aliphatic carbocycles. The molecule has 1 aromatic carbocycles. The number of para-hydroxylation sites is 1. The molecule has 0 aliphatic heterocycles. The number of H-pyrrole nitrogens is 1. The van der Waals surface area contributed by atoms with Crippen molar-refractivity contribution in [3.63, 3.8) is 0 Å². The van der Waals surface area contributed by atoms with E-state index < -0.39 is 0 Å². The monoisotopic (exact) mass is 468 g/mol. The number of hydrogen-bond acceptors (Lipinski definition) is 2. The summed E-state index contributed by atoms with van der Waals surface area (Å²) >= 11 is 1.73. The number of nitrogens with one attached hydrogen (secondary N) is 2. The van der Waals surface area contributed by atoms with Crippen LogP contribution in [0.25, 0.3) is 10.9 Å². The van der Waals surface area contributed by atoms with Crippen LogP contribution in [0.3, 0.4) is 0 Å². The maximum Gasteiger partial charge on any atom is 0.193 e. The van der Waals surface area contributed by atoms with E-state index in [1.807, 2.05) is 7.05 Å². The Hall–Kier alpha value is -1.54. The molecule has 25 heavy (non-hydrogen) atoms. The molecule has 0 saturated carbocycles. The number of aromatic nitrogens is 1. The highest BCUT2D eigenvalue weighted by atomic mass is 127. The Kier molecular flexibility index (Phi) is 7.77. The zero-order chi connectivity index (χ0) is 16.8. The van der Waals surface area contributed by atoms with Crippen LogP contribution in [0.5, 0.6) is 0 Å². The van der Waals surface area contributed by atoms with Crippen molar-refractivity contribution in [2.45, 2.75) is 19.4 Å². The van der Waals surface area contributed by atoms with Gasteiger partial charge in [0.1, 0.15) is 0 Å². The highest BCUT2D eigenvalue weighted by Crippen LogP contribution is 2.18. The van der Waals surface area contributed by atoms with E-state index in [4.69, 9.17) is 0 Å². The summed E-state index contributed by atoms with van der Waals surface area (Å²) in [6.45, 7) is 1.80. The average molecular weight is 468 g/mol. The number of aliphatic imine (C=N–C) groups is 1. The molecule has 0 atom stereocenters. The molecule has 2 aromatic heterocycles. The molecular formula is C19H25IN4S. The number of hydrogen-bond donors (Lipinski definition) is 2. The lowest BCUT2D eigenvalue weighted by molar-refractivity contribution is 0.476. The second-order valence-corrected chi connectivity index (χ2v) is 6.70. The highest BCUT2D eigenvalue weighted by molar-refractivity contribution is 14.0. The van der Waals surface area contributed by atoms with Gasteiger partial charge >= 0.3 is 0 Å². The molecule has 0 unspecified atom stereocenters. The quantitative estimate of drug-likeness (QED) is 0.242. The van der Waals surface area contributed by atoms with Crippen molar-refractivity contribution in [1.82, 2.24) is 15.2 Å².